The van der Waals surface area contributed by atoms with Crippen molar-refractivity contribution in [3.8, 4) is 0 Å². The maximum absolute atomic E-state index is 13.0. The Morgan fingerprint density at radius 1 is 0.604 bits per heavy atom. The zero-order valence-corrected chi connectivity index (χ0v) is 31.1. The third kappa shape index (κ3) is 9.90. The molecule has 0 spiro atoms. The lowest BCUT2D eigenvalue weighted by Gasteiger charge is -2.47. The Morgan fingerprint density at radius 2 is 0.938 bits per heavy atom. The normalized spacial score (nSPS) is 25.2. The molecular formula is C40H60N2O6. The van der Waals surface area contributed by atoms with Gasteiger partial charge in [0.15, 0.2) is 0 Å². The summed E-state index contributed by atoms with van der Waals surface area (Å²) in [5.41, 5.74) is 0.926. The topological polar surface area (TPSA) is 77.5 Å². The van der Waals surface area contributed by atoms with E-state index in [1.165, 1.54) is 0 Å². The van der Waals surface area contributed by atoms with Gasteiger partial charge in [0.1, 0.15) is 24.4 Å². The predicted octanol–water partition coefficient (Wildman–Crippen LogP) is 9.06. The number of nitrogens with zero attached hydrogens (tertiary/aromatic N) is 2. The summed E-state index contributed by atoms with van der Waals surface area (Å²) in [5.74, 6) is -0.733. The minimum absolute atomic E-state index is 0.00412. The molecule has 2 aromatic rings. The van der Waals surface area contributed by atoms with E-state index in [2.05, 4.69) is 104 Å². The SMILES string of the molecule is CC(ON1C(C)(C)CCC(OC(=O)CCC(=O)OC2CCC(C)(C)N(OC(C)c3ccccc3)C(C)(C)C2)CC1(C)C)c1ccccc1. The molecule has 2 fully saturated rings. The second kappa shape index (κ2) is 15.4. The molecule has 8 heteroatoms. The third-order valence-electron chi connectivity index (χ3n) is 10.0. The third-order valence-corrected chi connectivity index (χ3v) is 10.0. The zero-order valence-electron chi connectivity index (χ0n) is 31.1. The molecule has 0 saturated carbocycles. The summed E-state index contributed by atoms with van der Waals surface area (Å²) < 4.78 is 12.0. The monoisotopic (exact) mass is 664 g/mol. The van der Waals surface area contributed by atoms with Crippen LogP contribution in [0.25, 0.3) is 0 Å². The Kier molecular flexibility index (Phi) is 12.2. The molecule has 2 aliphatic rings. The average Bonchev–Trinajstić information content (AvgIpc) is 3.16. The molecule has 0 radical (unpaired) electrons. The lowest BCUT2D eigenvalue weighted by Crippen LogP contribution is -2.54. The largest absolute Gasteiger partial charge is 0.462 e. The summed E-state index contributed by atoms with van der Waals surface area (Å²) in [4.78, 5) is 39.3. The number of carbonyl (C=O) groups excluding carboxylic acids is 2. The number of hydrogen-bond acceptors (Lipinski definition) is 8. The number of benzene rings is 2. The van der Waals surface area contributed by atoms with Crippen LogP contribution in [0.3, 0.4) is 0 Å². The maximum atomic E-state index is 13.0. The van der Waals surface area contributed by atoms with Crippen LogP contribution in [-0.2, 0) is 28.7 Å². The van der Waals surface area contributed by atoms with Crippen molar-refractivity contribution in [2.24, 2.45) is 0 Å². The molecular weight excluding hydrogens is 604 g/mol. The lowest BCUT2D eigenvalue weighted by molar-refractivity contribution is -0.290. The van der Waals surface area contributed by atoms with Gasteiger partial charge in [-0.1, -0.05) is 60.7 Å². The van der Waals surface area contributed by atoms with Crippen molar-refractivity contribution in [2.45, 2.75) is 167 Å². The Morgan fingerprint density at radius 3 is 1.27 bits per heavy atom. The van der Waals surface area contributed by atoms with Gasteiger partial charge < -0.3 is 9.47 Å². The average molecular weight is 665 g/mol. The molecule has 0 aliphatic carbocycles. The summed E-state index contributed by atoms with van der Waals surface area (Å²) in [5, 5.41) is 4.21. The highest BCUT2D eigenvalue weighted by Gasteiger charge is 2.46. The number of rotatable bonds is 11. The van der Waals surface area contributed by atoms with E-state index in [0.29, 0.717) is 12.8 Å². The molecule has 266 valence electrons. The molecule has 4 unspecified atom stereocenters. The molecule has 0 amide bonds. The van der Waals surface area contributed by atoms with Gasteiger partial charge in [-0.3, -0.25) is 19.3 Å². The van der Waals surface area contributed by atoms with Gasteiger partial charge in [0.25, 0.3) is 0 Å². The van der Waals surface area contributed by atoms with Crippen LogP contribution >= 0.6 is 0 Å². The molecule has 2 saturated heterocycles. The van der Waals surface area contributed by atoms with Crippen molar-refractivity contribution in [3.05, 3.63) is 71.8 Å². The molecule has 8 nitrogen and oxygen atoms in total. The second-order valence-electron chi connectivity index (χ2n) is 16.4. The summed E-state index contributed by atoms with van der Waals surface area (Å²) >= 11 is 0. The molecule has 2 aliphatic heterocycles. The van der Waals surface area contributed by atoms with Crippen molar-refractivity contribution in [2.75, 3.05) is 0 Å². The highest BCUT2D eigenvalue weighted by atomic mass is 16.7. The molecule has 2 aromatic carbocycles. The fraction of sp³-hybridized carbons (Fsp3) is 0.650. The minimum atomic E-state index is -0.385. The van der Waals surface area contributed by atoms with Crippen LogP contribution in [-0.4, -0.2) is 56.4 Å². The molecule has 4 atom stereocenters. The van der Waals surface area contributed by atoms with E-state index in [1.54, 1.807) is 0 Å². The summed E-state index contributed by atoms with van der Waals surface area (Å²) in [7, 11) is 0. The molecule has 2 heterocycles. The zero-order chi connectivity index (χ0) is 35.3. The number of carbonyl (C=O) groups is 2. The molecule has 0 bridgehead atoms. The maximum Gasteiger partial charge on any atom is 0.306 e. The Labute approximate surface area is 289 Å². The van der Waals surface area contributed by atoms with Gasteiger partial charge >= 0.3 is 11.9 Å². The van der Waals surface area contributed by atoms with Gasteiger partial charge in [-0.2, -0.15) is 10.1 Å². The fourth-order valence-corrected chi connectivity index (χ4v) is 7.71. The standard InChI is InChI=1S/C40H60N2O6/c1-29(31-17-13-11-14-18-31)47-41-37(3,4)25-23-33(27-39(41,7)8)45-35(43)21-22-36(44)46-34-24-26-38(5,6)42(40(9,10)28-34)48-30(2)32-19-15-12-16-20-32/h11-20,29-30,33-34H,21-28H2,1-10H3. The highest BCUT2D eigenvalue weighted by molar-refractivity contribution is 5.77. The van der Waals surface area contributed by atoms with Crippen LogP contribution in [0.4, 0.5) is 0 Å². The smallest absolute Gasteiger partial charge is 0.306 e. The summed E-state index contributed by atoms with van der Waals surface area (Å²) in [6.45, 7) is 21.4. The van der Waals surface area contributed by atoms with Crippen LogP contribution in [0.1, 0.15) is 144 Å². The van der Waals surface area contributed by atoms with Crippen molar-refractivity contribution in [3.63, 3.8) is 0 Å². The van der Waals surface area contributed by atoms with Crippen molar-refractivity contribution in [1.82, 2.24) is 10.1 Å². The van der Waals surface area contributed by atoms with Crippen molar-refractivity contribution in [1.29, 1.82) is 0 Å². The predicted molar refractivity (Wildman–Crippen MR) is 189 cm³/mol. The van der Waals surface area contributed by atoms with E-state index in [0.717, 1.165) is 36.8 Å². The summed E-state index contributed by atoms with van der Waals surface area (Å²) in [6, 6.07) is 20.4. The molecule has 4 rings (SSSR count). The molecule has 48 heavy (non-hydrogen) atoms. The van der Waals surface area contributed by atoms with Crippen LogP contribution in [0, 0.1) is 0 Å². The number of hydroxylamine groups is 4. The van der Waals surface area contributed by atoms with E-state index in [9.17, 15) is 9.59 Å². The quantitative estimate of drug-likeness (QED) is 0.220. The van der Waals surface area contributed by atoms with Crippen LogP contribution in [0.2, 0.25) is 0 Å². The van der Waals surface area contributed by atoms with E-state index in [1.807, 2.05) is 36.4 Å². The van der Waals surface area contributed by atoms with Crippen LogP contribution in [0.15, 0.2) is 60.7 Å². The van der Waals surface area contributed by atoms with Gasteiger partial charge in [-0.25, -0.2) is 0 Å². The number of hydrogen-bond donors (Lipinski definition) is 0. The first-order chi connectivity index (χ1) is 22.4. The van der Waals surface area contributed by atoms with Gasteiger partial charge in [-0.15, -0.1) is 0 Å². The fourth-order valence-electron chi connectivity index (χ4n) is 7.71. The first-order valence-electron chi connectivity index (χ1n) is 17.8. The van der Waals surface area contributed by atoms with E-state index >= 15 is 0 Å². The molecule has 0 N–H and O–H groups in total. The summed E-state index contributed by atoms with van der Waals surface area (Å²) in [6.07, 6.45) is 3.53. The van der Waals surface area contributed by atoms with Gasteiger partial charge in [0, 0.05) is 35.0 Å². The van der Waals surface area contributed by atoms with E-state index in [-0.39, 0.29) is 71.4 Å². The minimum Gasteiger partial charge on any atom is -0.462 e. The Bertz CT molecular complexity index is 1240. The van der Waals surface area contributed by atoms with Crippen molar-refractivity contribution < 1.29 is 28.7 Å². The number of ether oxygens (including phenoxy) is 2. The Hall–Kier alpha value is -2.78. The van der Waals surface area contributed by atoms with Gasteiger partial charge in [0.05, 0.1) is 12.8 Å². The first kappa shape index (κ1) is 38.0. The van der Waals surface area contributed by atoms with E-state index in [4.69, 9.17) is 19.1 Å². The molecule has 0 aromatic heterocycles. The first-order valence-corrected chi connectivity index (χ1v) is 17.8. The van der Waals surface area contributed by atoms with Gasteiger partial charge in [0.2, 0.25) is 0 Å². The second-order valence-corrected chi connectivity index (χ2v) is 16.4. The number of esters is 2. The Balaban J connectivity index is 1.29. The van der Waals surface area contributed by atoms with Crippen LogP contribution < -0.4 is 0 Å². The van der Waals surface area contributed by atoms with Crippen molar-refractivity contribution >= 4 is 11.9 Å². The van der Waals surface area contributed by atoms with E-state index < -0.39 is 0 Å². The van der Waals surface area contributed by atoms with Gasteiger partial charge in [-0.05, 0) is 106 Å². The van der Waals surface area contributed by atoms with Crippen LogP contribution in [0.5, 0.6) is 0 Å². The highest BCUT2D eigenvalue weighted by Crippen LogP contribution is 2.42. The lowest BCUT2D eigenvalue weighted by atomic mass is 9.94.